The highest BCUT2D eigenvalue weighted by atomic mass is 16.5. The molecule has 1 aromatic rings. The fourth-order valence-electron chi connectivity index (χ4n) is 2.27. The number of benzene rings is 1. The van der Waals surface area contributed by atoms with E-state index in [-0.39, 0.29) is 18.4 Å². The Morgan fingerprint density at radius 2 is 2.24 bits per heavy atom. The standard InChI is InChI=1S/C15H20N2O4/c1-4-7-17-12-8-11(16-14(18)9-20-3)5-6-13(12)21-10(2)15(17)19/h5-6,8,10H,4,7,9H2,1-3H3,(H,16,18). The van der Waals surface area contributed by atoms with E-state index in [1.165, 1.54) is 7.11 Å². The SMILES string of the molecule is CCCN1C(=O)C(C)Oc2ccc(NC(=O)COC)cc21. The predicted octanol–water partition coefficient (Wildman–Crippen LogP) is 1.80. The molecule has 1 aromatic carbocycles. The Morgan fingerprint density at radius 3 is 2.90 bits per heavy atom. The number of fused-ring (bicyclic) bond motifs is 1. The van der Waals surface area contributed by atoms with Gasteiger partial charge in [0.1, 0.15) is 12.4 Å². The molecule has 1 aliphatic heterocycles. The van der Waals surface area contributed by atoms with Crippen LogP contribution in [0.4, 0.5) is 11.4 Å². The first-order chi connectivity index (χ1) is 10.1. The highest BCUT2D eigenvalue weighted by molar-refractivity contribution is 6.01. The summed E-state index contributed by atoms with van der Waals surface area (Å²) in [6.45, 7) is 4.36. The average Bonchev–Trinajstić information content (AvgIpc) is 2.45. The van der Waals surface area contributed by atoms with E-state index in [4.69, 9.17) is 9.47 Å². The molecule has 0 saturated heterocycles. The fourth-order valence-corrected chi connectivity index (χ4v) is 2.27. The summed E-state index contributed by atoms with van der Waals surface area (Å²) in [4.78, 5) is 25.5. The molecule has 2 amide bonds. The van der Waals surface area contributed by atoms with Gasteiger partial charge in [-0.25, -0.2) is 0 Å². The Bertz CT molecular complexity index is 544. The number of ether oxygens (including phenoxy) is 2. The van der Waals surface area contributed by atoms with Crippen molar-refractivity contribution in [1.82, 2.24) is 0 Å². The number of nitrogens with zero attached hydrogens (tertiary/aromatic N) is 1. The fraction of sp³-hybridized carbons (Fsp3) is 0.467. The summed E-state index contributed by atoms with van der Waals surface area (Å²) < 4.78 is 10.4. The van der Waals surface area contributed by atoms with Gasteiger partial charge in [-0.15, -0.1) is 0 Å². The predicted molar refractivity (Wildman–Crippen MR) is 79.7 cm³/mol. The summed E-state index contributed by atoms with van der Waals surface area (Å²) >= 11 is 0. The molecule has 1 aliphatic rings. The molecule has 0 bridgehead atoms. The molecule has 21 heavy (non-hydrogen) atoms. The van der Waals surface area contributed by atoms with Gasteiger partial charge in [0.25, 0.3) is 5.91 Å². The number of rotatable bonds is 5. The van der Waals surface area contributed by atoms with Crippen LogP contribution in [0.3, 0.4) is 0 Å². The Balaban J connectivity index is 2.28. The molecule has 1 atom stereocenters. The molecule has 1 heterocycles. The molecule has 0 aromatic heterocycles. The largest absolute Gasteiger partial charge is 0.479 e. The van der Waals surface area contributed by atoms with E-state index >= 15 is 0 Å². The summed E-state index contributed by atoms with van der Waals surface area (Å²) in [5, 5.41) is 2.72. The molecule has 0 fully saturated rings. The van der Waals surface area contributed by atoms with E-state index in [1.807, 2.05) is 6.92 Å². The lowest BCUT2D eigenvalue weighted by Crippen LogP contribution is -2.44. The van der Waals surface area contributed by atoms with Gasteiger partial charge in [0.15, 0.2) is 6.10 Å². The van der Waals surface area contributed by atoms with E-state index < -0.39 is 6.10 Å². The van der Waals surface area contributed by atoms with E-state index in [1.54, 1.807) is 30.0 Å². The first kappa shape index (κ1) is 15.3. The molecule has 0 aliphatic carbocycles. The van der Waals surface area contributed by atoms with Gasteiger partial charge < -0.3 is 19.7 Å². The number of carbonyl (C=O) groups is 2. The summed E-state index contributed by atoms with van der Waals surface area (Å²) in [7, 11) is 1.46. The van der Waals surface area contributed by atoms with Crippen LogP contribution in [0.5, 0.6) is 5.75 Å². The molecule has 1 N–H and O–H groups in total. The van der Waals surface area contributed by atoms with Crippen LogP contribution >= 0.6 is 0 Å². The quantitative estimate of drug-likeness (QED) is 0.898. The second-order valence-corrected chi connectivity index (χ2v) is 4.91. The van der Waals surface area contributed by atoms with E-state index in [2.05, 4.69) is 5.32 Å². The maximum Gasteiger partial charge on any atom is 0.267 e. The highest BCUT2D eigenvalue weighted by Crippen LogP contribution is 2.36. The van der Waals surface area contributed by atoms with Gasteiger partial charge in [0, 0.05) is 19.3 Å². The molecule has 6 heteroatoms. The van der Waals surface area contributed by atoms with Crippen molar-refractivity contribution in [3.8, 4) is 5.75 Å². The maximum absolute atomic E-state index is 12.2. The van der Waals surface area contributed by atoms with Gasteiger partial charge in [0.05, 0.1) is 5.69 Å². The topological polar surface area (TPSA) is 67.9 Å². The third-order valence-corrected chi connectivity index (χ3v) is 3.17. The van der Waals surface area contributed by atoms with Gasteiger partial charge in [-0.2, -0.15) is 0 Å². The van der Waals surface area contributed by atoms with E-state index in [0.29, 0.717) is 23.7 Å². The van der Waals surface area contributed by atoms with Gasteiger partial charge in [-0.3, -0.25) is 9.59 Å². The Morgan fingerprint density at radius 1 is 1.48 bits per heavy atom. The van der Waals surface area contributed by atoms with Gasteiger partial charge in [-0.1, -0.05) is 6.92 Å². The molecule has 0 radical (unpaired) electrons. The van der Waals surface area contributed by atoms with E-state index in [9.17, 15) is 9.59 Å². The lowest BCUT2D eigenvalue weighted by atomic mass is 10.1. The first-order valence-electron chi connectivity index (χ1n) is 6.97. The van der Waals surface area contributed by atoms with Gasteiger partial charge in [-0.05, 0) is 31.5 Å². The summed E-state index contributed by atoms with van der Waals surface area (Å²) in [5.74, 6) is 0.348. The Kier molecular flexibility index (Phi) is 4.80. The summed E-state index contributed by atoms with van der Waals surface area (Å²) in [6.07, 6.45) is 0.357. The van der Waals surface area contributed by atoms with Crippen LogP contribution in [0, 0.1) is 0 Å². The zero-order valence-electron chi connectivity index (χ0n) is 12.5. The normalized spacial score (nSPS) is 17.2. The van der Waals surface area contributed by atoms with Crippen molar-refractivity contribution in [2.24, 2.45) is 0 Å². The molecular formula is C15H20N2O4. The van der Waals surface area contributed by atoms with Crippen molar-refractivity contribution in [3.63, 3.8) is 0 Å². The second kappa shape index (κ2) is 6.58. The Labute approximate surface area is 124 Å². The summed E-state index contributed by atoms with van der Waals surface area (Å²) in [6, 6.07) is 5.27. The van der Waals surface area contributed by atoms with Crippen molar-refractivity contribution >= 4 is 23.2 Å². The molecule has 114 valence electrons. The third-order valence-electron chi connectivity index (χ3n) is 3.17. The highest BCUT2D eigenvalue weighted by Gasteiger charge is 2.31. The average molecular weight is 292 g/mol. The van der Waals surface area contributed by atoms with Gasteiger partial charge >= 0.3 is 0 Å². The molecule has 0 spiro atoms. The van der Waals surface area contributed by atoms with Crippen LogP contribution in [0.15, 0.2) is 18.2 Å². The number of carbonyl (C=O) groups excluding carboxylic acids is 2. The number of amides is 2. The van der Waals surface area contributed by atoms with E-state index in [0.717, 1.165) is 6.42 Å². The molecule has 1 unspecified atom stereocenters. The van der Waals surface area contributed by atoms with Crippen molar-refractivity contribution in [2.45, 2.75) is 26.4 Å². The second-order valence-electron chi connectivity index (χ2n) is 4.91. The minimum absolute atomic E-state index is 0.0117. The minimum Gasteiger partial charge on any atom is -0.479 e. The molecule has 0 saturated carbocycles. The third kappa shape index (κ3) is 3.33. The van der Waals surface area contributed by atoms with Crippen molar-refractivity contribution in [1.29, 1.82) is 0 Å². The van der Waals surface area contributed by atoms with Gasteiger partial charge in [0.2, 0.25) is 5.91 Å². The van der Waals surface area contributed by atoms with Crippen LogP contribution in [-0.2, 0) is 14.3 Å². The molecular weight excluding hydrogens is 272 g/mol. The van der Waals surface area contributed by atoms with Crippen molar-refractivity contribution in [3.05, 3.63) is 18.2 Å². The number of hydrogen-bond donors (Lipinski definition) is 1. The maximum atomic E-state index is 12.2. The minimum atomic E-state index is -0.488. The lowest BCUT2D eigenvalue weighted by Gasteiger charge is -2.33. The zero-order valence-corrected chi connectivity index (χ0v) is 12.5. The smallest absolute Gasteiger partial charge is 0.267 e. The van der Waals surface area contributed by atoms with Crippen LogP contribution in [0.1, 0.15) is 20.3 Å². The number of nitrogens with one attached hydrogen (secondary N) is 1. The molecule has 2 rings (SSSR count). The summed E-state index contributed by atoms with van der Waals surface area (Å²) in [5.41, 5.74) is 1.30. The van der Waals surface area contributed by atoms with Crippen LogP contribution in [0.2, 0.25) is 0 Å². The number of methoxy groups -OCH3 is 1. The number of hydrogen-bond acceptors (Lipinski definition) is 4. The van der Waals surface area contributed by atoms with Crippen LogP contribution < -0.4 is 15.0 Å². The van der Waals surface area contributed by atoms with Crippen molar-refractivity contribution < 1.29 is 19.1 Å². The van der Waals surface area contributed by atoms with Crippen molar-refractivity contribution in [2.75, 3.05) is 30.5 Å². The zero-order chi connectivity index (χ0) is 15.4. The van der Waals surface area contributed by atoms with Crippen LogP contribution in [0.25, 0.3) is 0 Å². The Hall–Kier alpha value is -2.08. The number of anilines is 2. The first-order valence-corrected chi connectivity index (χ1v) is 6.97. The van der Waals surface area contributed by atoms with Crippen LogP contribution in [-0.4, -0.2) is 38.2 Å². The molecule has 6 nitrogen and oxygen atoms in total. The monoisotopic (exact) mass is 292 g/mol. The lowest BCUT2D eigenvalue weighted by molar-refractivity contribution is -0.125.